The Bertz CT molecular complexity index is 488. The van der Waals surface area contributed by atoms with Gasteiger partial charge in [0, 0.05) is 19.0 Å². The highest BCUT2D eigenvalue weighted by Crippen LogP contribution is 2.34. The zero-order chi connectivity index (χ0) is 13.3. The average molecular weight is 265 g/mol. The first kappa shape index (κ1) is 13.2. The van der Waals surface area contributed by atoms with Gasteiger partial charge in [0.15, 0.2) is 0 Å². The molecule has 1 aromatic rings. The maximum atomic E-state index is 10.0. The van der Waals surface area contributed by atoms with Crippen LogP contribution in [0.4, 0.5) is 5.69 Å². The third-order valence-electron chi connectivity index (χ3n) is 3.63. The van der Waals surface area contributed by atoms with Gasteiger partial charge in [-0.25, -0.2) is 0 Å². The van der Waals surface area contributed by atoms with Crippen LogP contribution in [0.1, 0.15) is 25.8 Å². The molecule has 0 unspecified atom stereocenters. The first-order valence-electron chi connectivity index (χ1n) is 6.09. The van der Waals surface area contributed by atoms with Crippen molar-refractivity contribution < 1.29 is 5.11 Å². The molecule has 0 spiro atoms. The van der Waals surface area contributed by atoms with E-state index in [1.807, 2.05) is 26.0 Å². The van der Waals surface area contributed by atoms with Crippen molar-refractivity contribution in [1.29, 1.82) is 5.26 Å². The van der Waals surface area contributed by atoms with Crippen LogP contribution in [0.25, 0.3) is 0 Å². The summed E-state index contributed by atoms with van der Waals surface area (Å²) >= 11 is 6.04. The van der Waals surface area contributed by atoms with E-state index in [1.54, 1.807) is 6.07 Å². The Kier molecular flexibility index (Phi) is 3.52. The quantitative estimate of drug-likeness (QED) is 0.894. The van der Waals surface area contributed by atoms with Crippen LogP contribution < -0.4 is 4.90 Å². The molecule has 0 bridgehead atoms. The highest BCUT2D eigenvalue weighted by Gasteiger charge is 2.34. The highest BCUT2D eigenvalue weighted by molar-refractivity contribution is 6.32. The molecule has 0 amide bonds. The zero-order valence-corrected chi connectivity index (χ0v) is 11.4. The van der Waals surface area contributed by atoms with Crippen LogP contribution in [-0.4, -0.2) is 23.8 Å². The number of halogens is 1. The summed E-state index contributed by atoms with van der Waals surface area (Å²) < 4.78 is 0. The van der Waals surface area contributed by atoms with Crippen LogP contribution in [0.15, 0.2) is 18.2 Å². The normalized spacial score (nSPS) is 19.9. The largest absolute Gasteiger partial charge is 0.390 e. The second kappa shape index (κ2) is 4.79. The molecular weight excluding hydrogens is 248 g/mol. The average Bonchev–Trinajstić information content (AvgIpc) is 2.77. The molecule has 3 nitrogen and oxygen atoms in total. The minimum absolute atomic E-state index is 0.225. The molecule has 0 aromatic heterocycles. The second-order valence-electron chi connectivity index (χ2n) is 5.33. The predicted octanol–water partition coefficient (Wildman–Crippen LogP) is 2.81. The van der Waals surface area contributed by atoms with Gasteiger partial charge < -0.3 is 10.0 Å². The van der Waals surface area contributed by atoms with Gasteiger partial charge in [0.25, 0.3) is 0 Å². The molecule has 1 aliphatic heterocycles. The van der Waals surface area contributed by atoms with Crippen LogP contribution >= 0.6 is 11.6 Å². The topological polar surface area (TPSA) is 47.3 Å². The number of nitriles is 1. The number of hydrogen-bond acceptors (Lipinski definition) is 3. The van der Waals surface area contributed by atoms with Crippen LogP contribution in [-0.2, 0) is 0 Å². The van der Waals surface area contributed by atoms with Crippen molar-refractivity contribution in [2.24, 2.45) is 5.92 Å². The molecule has 2 rings (SSSR count). The maximum Gasteiger partial charge on any atom is 0.103 e. The van der Waals surface area contributed by atoms with Crippen molar-refractivity contribution in [3.8, 4) is 6.07 Å². The van der Waals surface area contributed by atoms with Crippen molar-refractivity contribution >= 4 is 17.3 Å². The summed E-state index contributed by atoms with van der Waals surface area (Å²) in [6, 6.07) is 7.66. The number of benzene rings is 1. The summed E-state index contributed by atoms with van der Waals surface area (Å²) in [5.74, 6) is 0.225. The van der Waals surface area contributed by atoms with Crippen LogP contribution in [0.5, 0.6) is 0 Å². The lowest BCUT2D eigenvalue weighted by atomic mass is 9.90. The van der Waals surface area contributed by atoms with Crippen LogP contribution in [0.2, 0.25) is 5.02 Å². The Balaban J connectivity index is 2.26. The van der Waals surface area contributed by atoms with E-state index in [1.165, 1.54) is 0 Å². The summed E-state index contributed by atoms with van der Waals surface area (Å²) in [6.07, 6.45) is 0.931. The summed E-state index contributed by atoms with van der Waals surface area (Å²) in [4.78, 5) is 2.13. The fourth-order valence-electron chi connectivity index (χ4n) is 2.44. The Morgan fingerprint density at radius 2 is 2.22 bits per heavy atom. The number of nitrogens with zero attached hydrogens (tertiary/aromatic N) is 2. The Labute approximate surface area is 113 Å². The van der Waals surface area contributed by atoms with Gasteiger partial charge in [0.1, 0.15) is 6.07 Å². The van der Waals surface area contributed by atoms with Crippen molar-refractivity contribution in [1.82, 2.24) is 0 Å². The second-order valence-corrected chi connectivity index (χ2v) is 5.74. The number of hydrogen-bond donors (Lipinski definition) is 1. The first-order chi connectivity index (χ1) is 8.43. The van der Waals surface area contributed by atoms with E-state index in [0.29, 0.717) is 10.6 Å². The molecule has 1 atom stereocenters. The first-order valence-corrected chi connectivity index (χ1v) is 6.47. The molecule has 1 heterocycles. The van der Waals surface area contributed by atoms with E-state index < -0.39 is 5.60 Å². The van der Waals surface area contributed by atoms with Gasteiger partial charge in [-0.2, -0.15) is 5.26 Å². The lowest BCUT2D eigenvalue weighted by Crippen LogP contribution is -2.33. The Morgan fingerprint density at radius 3 is 2.78 bits per heavy atom. The van der Waals surface area contributed by atoms with Crippen molar-refractivity contribution in [2.75, 3.05) is 18.0 Å². The fraction of sp³-hybridized carbons (Fsp3) is 0.500. The Hall–Kier alpha value is -1.24. The van der Waals surface area contributed by atoms with E-state index in [4.69, 9.17) is 11.6 Å². The smallest absolute Gasteiger partial charge is 0.103 e. The minimum Gasteiger partial charge on any atom is -0.390 e. The maximum absolute atomic E-state index is 10.0. The molecule has 0 radical (unpaired) electrons. The molecule has 4 heteroatoms. The predicted molar refractivity (Wildman–Crippen MR) is 72.8 cm³/mol. The third kappa shape index (κ3) is 2.45. The van der Waals surface area contributed by atoms with E-state index >= 15 is 0 Å². The molecule has 1 N–H and O–H groups in total. The minimum atomic E-state index is -0.680. The van der Waals surface area contributed by atoms with Gasteiger partial charge >= 0.3 is 0 Å². The van der Waals surface area contributed by atoms with Crippen molar-refractivity contribution in [3.63, 3.8) is 0 Å². The summed E-state index contributed by atoms with van der Waals surface area (Å²) in [5.41, 5.74) is 0.715. The fourth-order valence-corrected chi connectivity index (χ4v) is 2.65. The summed E-state index contributed by atoms with van der Waals surface area (Å²) in [5, 5.41) is 19.7. The van der Waals surface area contributed by atoms with Crippen molar-refractivity contribution in [3.05, 3.63) is 28.8 Å². The van der Waals surface area contributed by atoms with Gasteiger partial charge in [-0.05, 0) is 32.4 Å². The van der Waals surface area contributed by atoms with Gasteiger partial charge in [0.05, 0.1) is 21.9 Å². The van der Waals surface area contributed by atoms with Gasteiger partial charge in [-0.1, -0.05) is 17.7 Å². The summed E-state index contributed by atoms with van der Waals surface area (Å²) in [7, 11) is 0. The van der Waals surface area contributed by atoms with E-state index in [-0.39, 0.29) is 5.92 Å². The van der Waals surface area contributed by atoms with Crippen molar-refractivity contribution in [2.45, 2.75) is 25.9 Å². The number of anilines is 1. The lowest BCUT2D eigenvalue weighted by Gasteiger charge is -2.26. The summed E-state index contributed by atoms with van der Waals surface area (Å²) in [6.45, 7) is 5.29. The number of aliphatic hydroxyl groups is 1. The monoisotopic (exact) mass is 264 g/mol. The highest BCUT2D eigenvalue weighted by atomic mass is 35.5. The van der Waals surface area contributed by atoms with Crippen LogP contribution in [0, 0.1) is 17.2 Å². The molecule has 0 saturated carbocycles. The molecular formula is C14H17ClN2O. The third-order valence-corrected chi connectivity index (χ3v) is 3.95. The Morgan fingerprint density at radius 1 is 1.50 bits per heavy atom. The van der Waals surface area contributed by atoms with E-state index in [9.17, 15) is 10.4 Å². The molecule has 1 aromatic carbocycles. The molecule has 1 aliphatic rings. The van der Waals surface area contributed by atoms with Gasteiger partial charge in [0.2, 0.25) is 0 Å². The molecule has 0 aliphatic carbocycles. The van der Waals surface area contributed by atoms with Gasteiger partial charge in [-0.15, -0.1) is 0 Å². The standard InChI is InChI=1S/C14H17ClN2O/c1-14(2,18)10-6-7-17(9-10)13-5-3-4-12(15)11(13)8-16/h3-5,10,18H,6-7,9H2,1-2H3/t10-/m0/s1. The molecule has 1 fully saturated rings. The van der Waals surface area contributed by atoms with E-state index in [2.05, 4.69) is 11.0 Å². The molecule has 96 valence electrons. The zero-order valence-electron chi connectivity index (χ0n) is 10.7. The lowest BCUT2D eigenvalue weighted by molar-refractivity contribution is 0.0263. The SMILES string of the molecule is CC(C)(O)[C@H]1CCN(c2cccc(Cl)c2C#N)C1. The molecule has 18 heavy (non-hydrogen) atoms. The van der Waals surface area contributed by atoms with Crippen LogP contribution in [0.3, 0.4) is 0 Å². The van der Waals surface area contributed by atoms with E-state index in [0.717, 1.165) is 25.2 Å². The molecule has 1 saturated heterocycles. The number of rotatable bonds is 2. The van der Waals surface area contributed by atoms with Gasteiger partial charge in [-0.3, -0.25) is 0 Å².